The fourth-order valence-corrected chi connectivity index (χ4v) is 4.57. The van der Waals surface area contributed by atoms with Crippen molar-refractivity contribution in [1.82, 2.24) is 13.9 Å². The summed E-state index contributed by atoms with van der Waals surface area (Å²) in [7, 11) is -3.91. The molecule has 0 spiro atoms. The molecule has 0 unspecified atom stereocenters. The summed E-state index contributed by atoms with van der Waals surface area (Å²) in [5.74, 6) is -0.636. The second-order valence-corrected chi connectivity index (χ2v) is 8.25. The van der Waals surface area contributed by atoms with Crippen LogP contribution in [0.2, 0.25) is 0 Å². The van der Waals surface area contributed by atoms with Gasteiger partial charge in [0, 0.05) is 27.8 Å². The first kappa shape index (κ1) is 16.9. The van der Waals surface area contributed by atoms with E-state index >= 15 is 0 Å². The van der Waals surface area contributed by atoms with Crippen molar-refractivity contribution < 1.29 is 12.8 Å². The molecule has 1 aromatic carbocycles. The fourth-order valence-electron chi connectivity index (χ4n) is 2.71. The van der Waals surface area contributed by atoms with Crippen LogP contribution in [0.1, 0.15) is 0 Å². The predicted octanol–water partition coefficient (Wildman–Crippen LogP) is 4.24. The predicted molar refractivity (Wildman–Crippen MR) is 99.6 cm³/mol. The molecule has 0 saturated carbocycles. The van der Waals surface area contributed by atoms with Crippen molar-refractivity contribution in [3.8, 4) is 11.3 Å². The Morgan fingerprint density at radius 3 is 2.42 bits per heavy atom. The Morgan fingerprint density at radius 2 is 1.73 bits per heavy atom. The van der Waals surface area contributed by atoms with Crippen LogP contribution < -0.4 is 0 Å². The molecule has 8 heteroatoms. The molecule has 4 rings (SSSR count). The molecule has 0 fully saturated rings. The molecular formula is C18H11BrFN3O2S. The van der Waals surface area contributed by atoms with Gasteiger partial charge in [-0.05, 0) is 52.3 Å². The number of hydrogen-bond acceptors (Lipinski definition) is 4. The number of benzene rings is 1. The van der Waals surface area contributed by atoms with Crippen molar-refractivity contribution in [2.75, 3.05) is 0 Å². The molecule has 3 aromatic heterocycles. The summed E-state index contributed by atoms with van der Waals surface area (Å²) in [6.45, 7) is 0. The molecule has 0 saturated heterocycles. The third-order valence-electron chi connectivity index (χ3n) is 3.87. The van der Waals surface area contributed by atoms with E-state index in [4.69, 9.17) is 0 Å². The first-order valence-corrected chi connectivity index (χ1v) is 9.80. The van der Waals surface area contributed by atoms with Crippen molar-refractivity contribution >= 4 is 37.0 Å². The van der Waals surface area contributed by atoms with E-state index in [9.17, 15) is 12.8 Å². The second-order valence-electron chi connectivity index (χ2n) is 5.55. The van der Waals surface area contributed by atoms with E-state index in [0.29, 0.717) is 16.6 Å². The summed E-state index contributed by atoms with van der Waals surface area (Å²) in [5.41, 5.74) is 1.12. The molecule has 0 bridgehead atoms. The van der Waals surface area contributed by atoms with Crippen molar-refractivity contribution in [3.05, 3.63) is 77.4 Å². The average Bonchev–Trinajstić information content (AvgIpc) is 3.02. The van der Waals surface area contributed by atoms with Crippen molar-refractivity contribution in [3.63, 3.8) is 0 Å². The first-order valence-electron chi connectivity index (χ1n) is 7.56. The van der Waals surface area contributed by atoms with Gasteiger partial charge in [0.25, 0.3) is 10.0 Å². The van der Waals surface area contributed by atoms with E-state index in [2.05, 4.69) is 25.9 Å². The molecule has 3 heterocycles. The Balaban J connectivity index is 2.06. The van der Waals surface area contributed by atoms with E-state index in [0.717, 1.165) is 4.47 Å². The van der Waals surface area contributed by atoms with Gasteiger partial charge >= 0.3 is 0 Å². The van der Waals surface area contributed by atoms with Crippen LogP contribution in [0.3, 0.4) is 0 Å². The Bertz CT molecular complexity index is 1210. The van der Waals surface area contributed by atoms with Gasteiger partial charge < -0.3 is 0 Å². The van der Waals surface area contributed by atoms with Crippen LogP contribution >= 0.6 is 15.9 Å². The fraction of sp³-hybridized carbons (Fsp3) is 0. The number of halogens is 2. The largest absolute Gasteiger partial charge is 0.269 e. The number of fused-ring (bicyclic) bond motifs is 1. The summed E-state index contributed by atoms with van der Waals surface area (Å²) in [6, 6.07) is 14.2. The maximum absolute atomic E-state index is 13.3. The Hall–Kier alpha value is -2.58. The smallest absolute Gasteiger partial charge is 0.236 e. The molecule has 5 nitrogen and oxygen atoms in total. The summed E-state index contributed by atoms with van der Waals surface area (Å²) >= 11 is 3.34. The van der Waals surface area contributed by atoms with Crippen LogP contribution in [-0.2, 0) is 10.0 Å². The van der Waals surface area contributed by atoms with Crippen LogP contribution in [0, 0.1) is 5.95 Å². The molecule has 130 valence electrons. The zero-order valence-electron chi connectivity index (χ0n) is 13.2. The van der Waals surface area contributed by atoms with Crippen LogP contribution in [0.15, 0.2) is 76.4 Å². The van der Waals surface area contributed by atoms with Gasteiger partial charge in [-0.3, -0.25) is 0 Å². The lowest BCUT2D eigenvalue weighted by atomic mass is 10.2. The summed E-state index contributed by atoms with van der Waals surface area (Å²) in [6.07, 6.45) is 2.83. The first-order chi connectivity index (χ1) is 12.5. The standard InChI is InChI=1S/C18H11BrFN3O2S/c19-14-8-13-9-16(12-6-7-17(20)21-10-12)23(18(13)22-11-14)26(24,25)15-4-2-1-3-5-15/h1-11H. The number of nitrogens with zero attached hydrogens (tertiary/aromatic N) is 3. The van der Waals surface area contributed by atoms with E-state index < -0.39 is 16.0 Å². The normalized spacial score (nSPS) is 11.8. The lowest BCUT2D eigenvalue weighted by molar-refractivity contribution is 0.584. The van der Waals surface area contributed by atoms with E-state index in [1.807, 2.05) is 0 Å². The second kappa shape index (κ2) is 6.30. The van der Waals surface area contributed by atoms with Gasteiger partial charge in [0.1, 0.15) is 0 Å². The van der Waals surface area contributed by atoms with Gasteiger partial charge in [-0.15, -0.1) is 0 Å². The quantitative estimate of drug-likeness (QED) is 0.455. The van der Waals surface area contributed by atoms with E-state index in [-0.39, 0.29) is 10.5 Å². The lowest BCUT2D eigenvalue weighted by Gasteiger charge is -2.11. The highest BCUT2D eigenvalue weighted by Crippen LogP contribution is 2.32. The minimum absolute atomic E-state index is 0.138. The Morgan fingerprint density at radius 1 is 0.962 bits per heavy atom. The zero-order valence-corrected chi connectivity index (χ0v) is 15.6. The Kier molecular flexibility index (Phi) is 4.08. The topological polar surface area (TPSA) is 64.8 Å². The molecule has 0 N–H and O–H groups in total. The number of aromatic nitrogens is 3. The van der Waals surface area contributed by atoms with Gasteiger partial charge in [0.2, 0.25) is 5.95 Å². The number of rotatable bonds is 3. The van der Waals surface area contributed by atoms with Crippen molar-refractivity contribution in [1.29, 1.82) is 0 Å². The van der Waals surface area contributed by atoms with Crippen molar-refractivity contribution in [2.45, 2.75) is 4.90 Å². The van der Waals surface area contributed by atoms with Gasteiger partial charge in [-0.25, -0.2) is 22.4 Å². The van der Waals surface area contributed by atoms with Gasteiger partial charge in [0.05, 0.1) is 10.6 Å². The molecule has 0 amide bonds. The zero-order chi connectivity index (χ0) is 18.3. The molecule has 0 aliphatic carbocycles. The van der Waals surface area contributed by atoms with Crippen molar-refractivity contribution in [2.24, 2.45) is 0 Å². The summed E-state index contributed by atoms with van der Waals surface area (Å²) in [4.78, 5) is 8.05. The third-order valence-corrected chi connectivity index (χ3v) is 6.02. The lowest BCUT2D eigenvalue weighted by Crippen LogP contribution is -2.14. The third kappa shape index (κ3) is 2.81. The number of hydrogen-bond donors (Lipinski definition) is 0. The monoisotopic (exact) mass is 431 g/mol. The van der Waals surface area contributed by atoms with Gasteiger partial charge in [-0.1, -0.05) is 18.2 Å². The summed E-state index contributed by atoms with van der Waals surface area (Å²) < 4.78 is 41.6. The van der Waals surface area contributed by atoms with Crippen LogP contribution in [-0.4, -0.2) is 22.4 Å². The molecule has 0 atom stereocenters. The minimum Gasteiger partial charge on any atom is -0.236 e. The molecule has 26 heavy (non-hydrogen) atoms. The maximum atomic E-state index is 13.3. The van der Waals surface area contributed by atoms with Crippen LogP contribution in [0.5, 0.6) is 0 Å². The van der Waals surface area contributed by atoms with Gasteiger partial charge in [-0.2, -0.15) is 4.39 Å². The Labute approximate surface area is 157 Å². The van der Waals surface area contributed by atoms with Crippen LogP contribution in [0.4, 0.5) is 4.39 Å². The van der Waals surface area contributed by atoms with Crippen LogP contribution in [0.25, 0.3) is 22.3 Å². The van der Waals surface area contributed by atoms with E-state index in [1.165, 1.54) is 40.6 Å². The molecule has 4 aromatic rings. The summed E-state index contributed by atoms with van der Waals surface area (Å²) in [5, 5.41) is 0.637. The highest BCUT2D eigenvalue weighted by molar-refractivity contribution is 9.10. The highest BCUT2D eigenvalue weighted by atomic mass is 79.9. The molecular weight excluding hydrogens is 421 g/mol. The highest BCUT2D eigenvalue weighted by Gasteiger charge is 2.24. The average molecular weight is 432 g/mol. The minimum atomic E-state index is -3.91. The maximum Gasteiger partial charge on any atom is 0.269 e. The number of pyridine rings is 2. The van der Waals surface area contributed by atoms with Gasteiger partial charge in [0.15, 0.2) is 5.65 Å². The molecule has 0 aliphatic heterocycles. The molecule has 0 aliphatic rings. The SMILES string of the molecule is O=S(=O)(c1ccccc1)n1c(-c2ccc(F)nc2)cc2cc(Br)cnc21. The van der Waals surface area contributed by atoms with E-state index in [1.54, 1.807) is 30.3 Å². The molecule has 0 radical (unpaired) electrons.